The van der Waals surface area contributed by atoms with Crippen LogP contribution >= 0.6 is 0 Å². The Balaban J connectivity index is 1.75. The average Bonchev–Trinajstić information content (AvgIpc) is 2.50. The number of hydrogen-bond donors (Lipinski definition) is 1. The second-order valence-corrected chi connectivity index (χ2v) is 6.25. The first-order chi connectivity index (χ1) is 9.83. The fourth-order valence-electron chi connectivity index (χ4n) is 4.00. The molecule has 1 aromatic rings. The highest BCUT2D eigenvalue weighted by Crippen LogP contribution is 2.43. The van der Waals surface area contributed by atoms with E-state index in [-0.39, 0.29) is 5.60 Å². The van der Waals surface area contributed by atoms with Crippen molar-refractivity contribution in [2.24, 2.45) is 5.92 Å². The van der Waals surface area contributed by atoms with Gasteiger partial charge in [-0.25, -0.2) is 9.97 Å². The number of rotatable bonds is 3. The molecule has 110 valence electrons. The summed E-state index contributed by atoms with van der Waals surface area (Å²) < 4.78 is 6.21. The van der Waals surface area contributed by atoms with Gasteiger partial charge in [-0.15, -0.1) is 0 Å². The molecule has 0 radical (unpaired) electrons. The lowest BCUT2D eigenvalue weighted by atomic mass is 9.73. The van der Waals surface area contributed by atoms with Gasteiger partial charge in [0.15, 0.2) is 0 Å². The molecule has 2 unspecified atom stereocenters. The van der Waals surface area contributed by atoms with E-state index in [1.807, 2.05) is 19.3 Å². The lowest BCUT2D eigenvalue weighted by Gasteiger charge is -2.45. The molecule has 1 aromatic heterocycles. The van der Waals surface area contributed by atoms with Gasteiger partial charge in [0.2, 0.25) is 0 Å². The highest BCUT2D eigenvalue weighted by Gasteiger charge is 2.41. The molecule has 2 atom stereocenters. The molecule has 4 heteroatoms. The van der Waals surface area contributed by atoms with Gasteiger partial charge in [0.25, 0.3) is 0 Å². The standard InChI is InChI=1S/C16H25N3O/c1-17-15(14-5-9-18-12-19-14)13-6-10-20-16(11-13)7-3-2-4-8-16/h5,9,12-13,15,17H,2-4,6-8,10-11H2,1H3. The van der Waals surface area contributed by atoms with Gasteiger partial charge in [-0.3, -0.25) is 0 Å². The number of nitrogens with one attached hydrogen (secondary N) is 1. The van der Waals surface area contributed by atoms with E-state index in [9.17, 15) is 0 Å². The van der Waals surface area contributed by atoms with Crippen LogP contribution in [0.15, 0.2) is 18.6 Å². The molecule has 3 rings (SSSR count). The molecule has 1 aliphatic heterocycles. The van der Waals surface area contributed by atoms with Crippen LogP contribution in [-0.4, -0.2) is 29.2 Å². The first-order valence-electron chi connectivity index (χ1n) is 7.90. The minimum atomic E-state index is 0.156. The summed E-state index contributed by atoms with van der Waals surface area (Å²) in [5.41, 5.74) is 1.27. The zero-order valence-electron chi connectivity index (χ0n) is 12.3. The van der Waals surface area contributed by atoms with E-state index in [4.69, 9.17) is 4.74 Å². The van der Waals surface area contributed by atoms with Crippen molar-refractivity contribution in [3.63, 3.8) is 0 Å². The monoisotopic (exact) mass is 275 g/mol. The topological polar surface area (TPSA) is 47.0 Å². The number of aromatic nitrogens is 2. The molecule has 1 saturated carbocycles. The number of hydrogen-bond acceptors (Lipinski definition) is 4. The molecule has 2 fully saturated rings. The minimum absolute atomic E-state index is 0.156. The van der Waals surface area contributed by atoms with Gasteiger partial charge in [-0.2, -0.15) is 0 Å². The van der Waals surface area contributed by atoms with Crippen LogP contribution in [0.1, 0.15) is 56.7 Å². The van der Waals surface area contributed by atoms with Crippen molar-refractivity contribution in [1.82, 2.24) is 15.3 Å². The Hall–Kier alpha value is -1.00. The van der Waals surface area contributed by atoms with Gasteiger partial charge in [-0.05, 0) is 44.7 Å². The first kappa shape index (κ1) is 14.0. The van der Waals surface area contributed by atoms with Crippen LogP contribution in [0.3, 0.4) is 0 Å². The Morgan fingerprint density at radius 1 is 1.35 bits per heavy atom. The lowest BCUT2D eigenvalue weighted by Crippen LogP contribution is -2.44. The molecule has 0 bridgehead atoms. The Kier molecular flexibility index (Phi) is 4.32. The third-order valence-corrected chi connectivity index (χ3v) is 5.00. The second-order valence-electron chi connectivity index (χ2n) is 6.25. The van der Waals surface area contributed by atoms with E-state index in [1.165, 1.54) is 38.5 Å². The van der Waals surface area contributed by atoms with E-state index >= 15 is 0 Å². The van der Waals surface area contributed by atoms with Gasteiger partial charge in [-0.1, -0.05) is 19.3 Å². The third-order valence-electron chi connectivity index (χ3n) is 5.00. The van der Waals surface area contributed by atoms with Crippen LogP contribution in [0.2, 0.25) is 0 Å². The Morgan fingerprint density at radius 3 is 2.90 bits per heavy atom. The summed E-state index contributed by atoms with van der Waals surface area (Å²) in [4.78, 5) is 8.47. The van der Waals surface area contributed by atoms with Gasteiger partial charge in [0.05, 0.1) is 17.3 Å². The largest absolute Gasteiger partial charge is 0.375 e. The summed E-state index contributed by atoms with van der Waals surface area (Å²) in [5.74, 6) is 0.613. The van der Waals surface area contributed by atoms with E-state index < -0.39 is 0 Å². The van der Waals surface area contributed by atoms with Gasteiger partial charge in [0.1, 0.15) is 6.33 Å². The van der Waals surface area contributed by atoms with E-state index in [0.717, 1.165) is 18.7 Å². The maximum absolute atomic E-state index is 6.21. The Morgan fingerprint density at radius 2 is 2.20 bits per heavy atom. The van der Waals surface area contributed by atoms with Crippen molar-refractivity contribution in [3.05, 3.63) is 24.3 Å². The highest BCUT2D eigenvalue weighted by atomic mass is 16.5. The highest BCUT2D eigenvalue weighted by molar-refractivity contribution is 5.08. The lowest BCUT2D eigenvalue weighted by molar-refractivity contribution is -0.122. The molecule has 2 aliphatic rings. The molecule has 4 nitrogen and oxygen atoms in total. The second kappa shape index (κ2) is 6.19. The molecule has 0 aromatic carbocycles. The average molecular weight is 275 g/mol. The van der Waals surface area contributed by atoms with Crippen molar-refractivity contribution < 1.29 is 4.74 Å². The summed E-state index contributed by atoms with van der Waals surface area (Å²) in [6.07, 6.45) is 12.3. The fourth-order valence-corrected chi connectivity index (χ4v) is 4.00. The van der Waals surface area contributed by atoms with Crippen molar-refractivity contribution >= 4 is 0 Å². The molecule has 1 N–H and O–H groups in total. The van der Waals surface area contributed by atoms with Crippen LogP contribution in [0.25, 0.3) is 0 Å². The number of nitrogens with zero attached hydrogens (tertiary/aromatic N) is 2. The smallest absolute Gasteiger partial charge is 0.115 e. The van der Waals surface area contributed by atoms with E-state index in [2.05, 4.69) is 15.3 Å². The molecule has 0 amide bonds. The summed E-state index contributed by atoms with van der Waals surface area (Å²) in [7, 11) is 2.04. The molecular formula is C16H25N3O. The zero-order chi connectivity index (χ0) is 13.8. The summed E-state index contributed by atoms with van der Waals surface area (Å²) in [6.45, 7) is 0.897. The fraction of sp³-hybridized carbons (Fsp3) is 0.750. The van der Waals surface area contributed by atoms with Crippen LogP contribution in [-0.2, 0) is 4.74 Å². The molecule has 20 heavy (non-hydrogen) atoms. The van der Waals surface area contributed by atoms with Crippen LogP contribution in [0, 0.1) is 5.92 Å². The Bertz CT molecular complexity index is 411. The zero-order valence-corrected chi connectivity index (χ0v) is 12.3. The molecule has 1 saturated heterocycles. The molecular weight excluding hydrogens is 250 g/mol. The molecule has 2 heterocycles. The summed E-state index contributed by atoms with van der Waals surface area (Å²) in [6, 6.07) is 2.35. The van der Waals surface area contributed by atoms with Crippen molar-refractivity contribution in [1.29, 1.82) is 0 Å². The van der Waals surface area contributed by atoms with Gasteiger partial charge in [0, 0.05) is 12.8 Å². The maximum atomic E-state index is 6.21. The van der Waals surface area contributed by atoms with Crippen LogP contribution in [0.4, 0.5) is 0 Å². The van der Waals surface area contributed by atoms with Gasteiger partial charge < -0.3 is 10.1 Å². The van der Waals surface area contributed by atoms with Crippen molar-refractivity contribution in [3.8, 4) is 0 Å². The van der Waals surface area contributed by atoms with Crippen molar-refractivity contribution in [2.75, 3.05) is 13.7 Å². The van der Waals surface area contributed by atoms with Crippen LogP contribution in [0.5, 0.6) is 0 Å². The Labute approximate surface area is 121 Å². The number of ether oxygens (including phenoxy) is 1. The molecule has 1 spiro atoms. The predicted molar refractivity (Wildman–Crippen MR) is 78.3 cm³/mol. The SMILES string of the molecule is CNC(c1ccncn1)C1CCOC2(CCCCC2)C1. The summed E-state index contributed by atoms with van der Waals surface area (Å²) in [5, 5.41) is 3.46. The first-order valence-corrected chi connectivity index (χ1v) is 7.90. The van der Waals surface area contributed by atoms with Crippen LogP contribution < -0.4 is 5.32 Å². The minimum Gasteiger partial charge on any atom is -0.375 e. The summed E-state index contributed by atoms with van der Waals surface area (Å²) >= 11 is 0. The maximum Gasteiger partial charge on any atom is 0.115 e. The predicted octanol–water partition coefficient (Wildman–Crippen LogP) is 2.87. The quantitative estimate of drug-likeness (QED) is 0.921. The van der Waals surface area contributed by atoms with Gasteiger partial charge >= 0.3 is 0 Å². The third kappa shape index (κ3) is 2.86. The van der Waals surface area contributed by atoms with Crippen molar-refractivity contribution in [2.45, 2.75) is 56.6 Å². The molecule has 1 aliphatic carbocycles. The normalized spacial score (nSPS) is 27.4. The van der Waals surface area contributed by atoms with E-state index in [1.54, 1.807) is 6.33 Å². The van der Waals surface area contributed by atoms with E-state index in [0.29, 0.717) is 12.0 Å².